The molecule has 0 aromatic rings. The summed E-state index contributed by atoms with van der Waals surface area (Å²) in [6.45, 7) is 5.27. The summed E-state index contributed by atoms with van der Waals surface area (Å²) in [5, 5.41) is 3.22. The number of nitrogens with one attached hydrogen (secondary N) is 3. The largest absolute Gasteiger partial charge is 0.303 e. The molecule has 0 saturated carbocycles. The number of hydrogen-bond donors (Lipinski definition) is 3. The molecule has 3 nitrogen and oxygen atoms in total. The van der Waals surface area contributed by atoms with Crippen LogP contribution in [0.25, 0.3) is 0 Å². The summed E-state index contributed by atoms with van der Waals surface area (Å²) in [7, 11) is 0. The highest BCUT2D eigenvalue weighted by Crippen LogP contribution is 1.88. The molecule has 48 valence electrons. The molecule has 1 atom stereocenters. The van der Waals surface area contributed by atoms with E-state index >= 15 is 0 Å². The van der Waals surface area contributed by atoms with E-state index in [0.29, 0.717) is 0 Å². The second-order valence-electron chi connectivity index (χ2n) is 2.29. The molecule has 1 rings (SSSR count). The second-order valence-corrected chi connectivity index (χ2v) is 2.29. The Morgan fingerprint density at radius 2 is 2.12 bits per heavy atom. The molecule has 1 unspecified atom stereocenters. The van der Waals surface area contributed by atoms with Crippen molar-refractivity contribution in [3.8, 4) is 0 Å². The van der Waals surface area contributed by atoms with Crippen molar-refractivity contribution in [3.63, 3.8) is 0 Å². The molecule has 8 heavy (non-hydrogen) atoms. The molecular formula is C5H13N3. The maximum absolute atomic E-state index is 3.22. The zero-order valence-electron chi connectivity index (χ0n) is 5.20. The van der Waals surface area contributed by atoms with E-state index in [1.807, 2.05) is 0 Å². The van der Waals surface area contributed by atoms with E-state index in [9.17, 15) is 0 Å². The van der Waals surface area contributed by atoms with Crippen molar-refractivity contribution in [1.29, 1.82) is 0 Å². The van der Waals surface area contributed by atoms with Crippen LogP contribution >= 0.6 is 0 Å². The van der Waals surface area contributed by atoms with Gasteiger partial charge in [-0.15, -0.1) is 0 Å². The van der Waals surface area contributed by atoms with Gasteiger partial charge in [0.2, 0.25) is 0 Å². The molecule has 0 aromatic carbocycles. The van der Waals surface area contributed by atoms with E-state index in [1.54, 1.807) is 0 Å². The van der Waals surface area contributed by atoms with Gasteiger partial charge in [-0.05, 0) is 5.92 Å². The van der Waals surface area contributed by atoms with Gasteiger partial charge in [-0.2, -0.15) is 0 Å². The third kappa shape index (κ3) is 1.78. The normalized spacial score (nSPS) is 31.9. The van der Waals surface area contributed by atoms with Crippen molar-refractivity contribution in [2.75, 3.05) is 19.8 Å². The highest BCUT2D eigenvalue weighted by Gasteiger charge is 2.02. The summed E-state index contributed by atoms with van der Waals surface area (Å²) in [5.74, 6) is 0.741. The van der Waals surface area contributed by atoms with E-state index in [2.05, 4.69) is 23.1 Å². The van der Waals surface area contributed by atoms with Crippen molar-refractivity contribution in [2.45, 2.75) is 6.92 Å². The summed E-state index contributed by atoms with van der Waals surface area (Å²) in [6.07, 6.45) is 0. The van der Waals surface area contributed by atoms with Gasteiger partial charge in [0.1, 0.15) is 0 Å². The lowest BCUT2D eigenvalue weighted by Crippen LogP contribution is -2.35. The van der Waals surface area contributed by atoms with Crippen LogP contribution in [0.1, 0.15) is 6.92 Å². The maximum atomic E-state index is 3.22. The Morgan fingerprint density at radius 1 is 1.25 bits per heavy atom. The van der Waals surface area contributed by atoms with E-state index < -0.39 is 0 Å². The standard InChI is InChI=1S/C5H13N3/c1-5-2-6-4-8-7-3-5/h5-8H,2-4H2,1H3. The van der Waals surface area contributed by atoms with E-state index in [0.717, 1.165) is 25.7 Å². The number of hydrazine groups is 1. The monoisotopic (exact) mass is 115 g/mol. The Labute approximate surface area is 49.8 Å². The third-order valence-electron chi connectivity index (χ3n) is 1.28. The van der Waals surface area contributed by atoms with Crippen LogP contribution in [0.5, 0.6) is 0 Å². The van der Waals surface area contributed by atoms with Gasteiger partial charge >= 0.3 is 0 Å². The Morgan fingerprint density at radius 3 is 3.00 bits per heavy atom. The van der Waals surface area contributed by atoms with E-state index in [4.69, 9.17) is 0 Å². The van der Waals surface area contributed by atoms with Crippen LogP contribution < -0.4 is 16.2 Å². The Hall–Kier alpha value is -0.120. The van der Waals surface area contributed by atoms with Crippen LogP contribution in [-0.2, 0) is 0 Å². The van der Waals surface area contributed by atoms with Gasteiger partial charge in [-0.1, -0.05) is 6.92 Å². The van der Waals surface area contributed by atoms with Crippen LogP contribution in [-0.4, -0.2) is 19.8 Å². The zero-order chi connectivity index (χ0) is 5.82. The van der Waals surface area contributed by atoms with E-state index in [-0.39, 0.29) is 0 Å². The Balaban J connectivity index is 2.17. The van der Waals surface area contributed by atoms with Gasteiger partial charge in [0, 0.05) is 13.1 Å². The molecule has 0 bridgehead atoms. The first-order chi connectivity index (χ1) is 3.89. The minimum absolute atomic E-state index is 0.741. The molecule has 1 heterocycles. The van der Waals surface area contributed by atoms with Crippen LogP contribution in [0.2, 0.25) is 0 Å². The quantitative estimate of drug-likeness (QED) is 0.390. The first kappa shape index (κ1) is 6.01. The average Bonchev–Trinajstić information content (AvgIpc) is 1.94. The molecule has 0 spiro atoms. The first-order valence-electron chi connectivity index (χ1n) is 3.06. The fourth-order valence-electron chi connectivity index (χ4n) is 0.762. The van der Waals surface area contributed by atoms with Gasteiger partial charge in [-0.25, -0.2) is 5.43 Å². The predicted molar refractivity (Wildman–Crippen MR) is 33.2 cm³/mol. The van der Waals surface area contributed by atoms with Crippen molar-refractivity contribution in [3.05, 3.63) is 0 Å². The highest BCUT2D eigenvalue weighted by atomic mass is 15.4. The Bertz CT molecular complexity index is 56.7. The molecule has 1 aliphatic rings. The molecular weight excluding hydrogens is 102 g/mol. The van der Waals surface area contributed by atoms with Crippen molar-refractivity contribution in [1.82, 2.24) is 16.2 Å². The fraction of sp³-hybridized carbons (Fsp3) is 1.00. The molecule has 0 radical (unpaired) electrons. The summed E-state index contributed by atoms with van der Waals surface area (Å²) >= 11 is 0. The minimum Gasteiger partial charge on any atom is -0.303 e. The molecule has 3 heteroatoms. The van der Waals surface area contributed by atoms with Gasteiger partial charge < -0.3 is 5.32 Å². The number of hydrogen-bond acceptors (Lipinski definition) is 3. The first-order valence-corrected chi connectivity index (χ1v) is 3.06. The second kappa shape index (κ2) is 3.02. The van der Waals surface area contributed by atoms with Crippen LogP contribution in [0, 0.1) is 5.92 Å². The van der Waals surface area contributed by atoms with Crippen LogP contribution in [0.15, 0.2) is 0 Å². The average molecular weight is 115 g/mol. The van der Waals surface area contributed by atoms with Gasteiger partial charge in [0.25, 0.3) is 0 Å². The van der Waals surface area contributed by atoms with Gasteiger partial charge in [-0.3, -0.25) is 5.43 Å². The lowest BCUT2D eigenvalue weighted by Gasteiger charge is -2.03. The predicted octanol–water partition coefficient (Wildman–Crippen LogP) is -0.723. The highest BCUT2D eigenvalue weighted by molar-refractivity contribution is 4.60. The van der Waals surface area contributed by atoms with Gasteiger partial charge in [0.05, 0.1) is 6.67 Å². The van der Waals surface area contributed by atoms with Crippen molar-refractivity contribution >= 4 is 0 Å². The van der Waals surface area contributed by atoms with Crippen molar-refractivity contribution < 1.29 is 0 Å². The lowest BCUT2D eigenvalue weighted by atomic mass is 10.2. The Kier molecular flexibility index (Phi) is 2.27. The molecule has 1 aliphatic heterocycles. The lowest BCUT2D eigenvalue weighted by molar-refractivity contribution is 0.516. The molecule has 3 N–H and O–H groups in total. The molecule has 0 amide bonds. The van der Waals surface area contributed by atoms with Crippen LogP contribution in [0.3, 0.4) is 0 Å². The molecule has 0 aromatic heterocycles. The third-order valence-corrected chi connectivity index (χ3v) is 1.28. The maximum Gasteiger partial charge on any atom is 0.0589 e. The topological polar surface area (TPSA) is 36.1 Å². The molecule has 1 fully saturated rings. The molecule has 0 aliphatic carbocycles. The SMILES string of the molecule is CC1CNCNNC1. The summed E-state index contributed by atoms with van der Waals surface area (Å²) < 4.78 is 0. The number of rotatable bonds is 0. The minimum atomic E-state index is 0.741. The molecule has 1 saturated heterocycles. The van der Waals surface area contributed by atoms with E-state index in [1.165, 1.54) is 0 Å². The smallest absolute Gasteiger partial charge is 0.0589 e. The summed E-state index contributed by atoms with van der Waals surface area (Å²) in [5.41, 5.74) is 6.10. The van der Waals surface area contributed by atoms with Gasteiger partial charge in [0.15, 0.2) is 0 Å². The zero-order valence-corrected chi connectivity index (χ0v) is 5.20. The summed E-state index contributed by atoms with van der Waals surface area (Å²) in [6, 6.07) is 0. The van der Waals surface area contributed by atoms with Crippen molar-refractivity contribution in [2.24, 2.45) is 5.92 Å². The van der Waals surface area contributed by atoms with Crippen LogP contribution in [0.4, 0.5) is 0 Å². The fourth-order valence-corrected chi connectivity index (χ4v) is 0.762. The summed E-state index contributed by atoms with van der Waals surface area (Å²) in [4.78, 5) is 0.